The third kappa shape index (κ3) is 2.73. The summed E-state index contributed by atoms with van der Waals surface area (Å²) in [6, 6.07) is 9.31. The first-order valence-corrected chi connectivity index (χ1v) is 6.36. The lowest BCUT2D eigenvalue weighted by Crippen LogP contribution is -2.26. The minimum atomic E-state index is -0.104. The molecule has 0 aliphatic carbocycles. The molecule has 0 saturated carbocycles. The van der Waals surface area contributed by atoms with Gasteiger partial charge in [-0.05, 0) is 25.1 Å². The van der Waals surface area contributed by atoms with Gasteiger partial charge in [0.25, 0.3) is 5.91 Å². The van der Waals surface area contributed by atoms with E-state index in [1.165, 1.54) is 0 Å². The molecule has 0 unspecified atom stereocenters. The highest BCUT2D eigenvalue weighted by atomic mass is 32.1. The van der Waals surface area contributed by atoms with E-state index in [2.05, 4.69) is 23.0 Å². The molecular formula is C13H15N3OS. The fourth-order valence-corrected chi connectivity index (χ4v) is 1.79. The van der Waals surface area contributed by atoms with Crippen LogP contribution < -0.4 is 5.32 Å². The molecule has 0 aliphatic rings. The number of para-hydroxylation sites is 1. The third-order valence-electron chi connectivity index (χ3n) is 2.52. The van der Waals surface area contributed by atoms with Crippen molar-refractivity contribution in [3.63, 3.8) is 0 Å². The Morgan fingerprint density at radius 2 is 2.17 bits per heavy atom. The second-order valence-electron chi connectivity index (χ2n) is 3.90. The third-order valence-corrected chi connectivity index (χ3v) is 2.74. The molecule has 0 aliphatic heterocycles. The quantitative estimate of drug-likeness (QED) is 0.825. The highest BCUT2D eigenvalue weighted by molar-refractivity contribution is 7.80. The van der Waals surface area contributed by atoms with Crippen molar-refractivity contribution in [2.75, 3.05) is 12.3 Å². The molecule has 5 heteroatoms. The van der Waals surface area contributed by atoms with Gasteiger partial charge in [0, 0.05) is 18.5 Å². The van der Waals surface area contributed by atoms with Crippen LogP contribution in [-0.2, 0) is 0 Å². The lowest BCUT2D eigenvalue weighted by Gasteiger charge is -2.09. The predicted octanol–water partition coefficient (Wildman–Crippen LogP) is 1.84. The summed E-state index contributed by atoms with van der Waals surface area (Å²) in [5.41, 5.74) is 2.31. The fourth-order valence-electron chi connectivity index (χ4n) is 1.68. The molecule has 2 aromatic rings. The molecule has 0 atom stereocenters. The van der Waals surface area contributed by atoms with E-state index in [-0.39, 0.29) is 5.91 Å². The highest BCUT2D eigenvalue weighted by Gasteiger charge is 2.11. The number of hydrogen-bond donors (Lipinski definition) is 2. The largest absolute Gasteiger partial charge is 0.351 e. The number of nitrogens with one attached hydrogen (secondary N) is 1. The summed E-state index contributed by atoms with van der Waals surface area (Å²) in [6.45, 7) is 2.47. The lowest BCUT2D eigenvalue weighted by atomic mass is 10.1. The first kappa shape index (κ1) is 12.7. The van der Waals surface area contributed by atoms with Crippen LogP contribution in [0.25, 0.3) is 5.69 Å². The van der Waals surface area contributed by atoms with Crippen LogP contribution >= 0.6 is 12.6 Å². The molecule has 18 heavy (non-hydrogen) atoms. The molecule has 2 rings (SSSR count). The second-order valence-corrected chi connectivity index (χ2v) is 4.35. The van der Waals surface area contributed by atoms with Gasteiger partial charge in [0.15, 0.2) is 0 Å². The summed E-state index contributed by atoms with van der Waals surface area (Å²) in [7, 11) is 0. The number of nitrogens with zero attached hydrogens (tertiary/aromatic N) is 2. The van der Waals surface area contributed by atoms with Crippen LogP contribution in [0.2, 0.25) is 0 Å². The van der Waals surface area contributed by atoms with E-state index < -0.39 is 0 Å². The number of hydrogen-bond acceptors (Lipinski definition) is 3. The van der Waals surface area contributed by atoms with Crippen LogP contribution in [0, 0.1) is 6.92 Å². The van der Waals surface area contributed by atoms with E-state index in [0.717, 1.165) is 11.4 Å². The Bertz CT molecular complexity index is 551. The number of carbonyl (C=O) groups excluding carboxylic acids is 1. The zero-order chi connectivity index (χ0) is 13.0. The van der Waals surface area contributed by atoms with E-state index in [9.17, 15) is 4.79 Å². The van der Waals surface area contributed by atoms with E-state index >= 15 is 0 Å². The Morgan fingerprint density at radius 3 is 2.83 bits per heavy atom. The Kier molecular flexibility index (Phi) is 4.04. The Morgan fingerprint density at radius 1 is 1.39 bits per heavy atom. The van der Waals surface area contributed by atoms with Crippen molar-refractivity contribution in [3.05, 3.63) is 47.8 Å². The summed E-state index contributed by atoms with van der Waals surface area (Å²) in [6.07, 6.45) is 1.85. The number of benzene rings is 1. The zero-order valence-corrected chi connectivity index (χ0v) is 11.0. The maximum absolute atomic E-state index is 12.0. The summed E-state index contributed by atoms with van der Waals surface area (Å²) in [4.78, 5) is 12.0. The SMILES string of the molecule is Cc1ccn(-c2ccccc2C(=O)NCCS)n1. The highest BCUT2D eigenvalue weighted by Crippen LogP contribution is 2.14. The van der Waals surface area contributed by atoms with Crippen molar-refractivity contribution in [2.45, 2.75) is 6.92 Å². The minimum Gasteiger partial charge on any atom is -0.351 e. The molecule has 0 radical (unpaired) electrons. The zero-order valence-electron chi connectivity index (χ0n) is 10.1. The van der Waals surface area contributed by atoms with Gasteiger partial charge in [0.1, 0.15) is 0 Å². The molecule has 0 spiro atoms. The van der Waals surface area contributed by atoms with E-state index in [4.69, 9.17) is 0 Å². The van der Waals surface area contributed by atoms with Crippen LogP contribution in [0.3, 0.4) is 0 Å². The Hall–Kier alpha value is -1.75. The standard InChI is InChI=1S/C13H15N3OS/c1-10-6-8-16(15-10)12-5-3-2-4-11(12)13(17)14-7-9-18/h2-6,8,18H,7,9H2,1H3,(H,14,17). The van der Waals surface area contributed by atoms with Gasteiger partial charge in [-0.25, -0.2) is 4.68 Å². The molecule has 4 nitrogen and oxygen atoms in total. The average molecular weight is 261 g/mol. The maximum Gasteiger partial charge on any atom is 0.253 e. The van der Waals surface area contributed by atoms with Gasteiger partial charge in [-0.3, -0.25) is 4.79 Å². The van der Waals surface area contributed by atoms with Crippen LogP contribution in [0.5, 0.6) is 0 Å². The van der Waals surface area contributed by atoms with Crippen LogP contribution in [0.15, 0.2) is 36.5 Å². The van der Waals surface area contributed by atoms with Crippen molar-refractivity contribution in [3.8, 4) is 5.69 Å². The number of carbonyl (C=O) groups is 1. The number of amides is 1. The van der Waals surface area contributed by atoms with Crippen LogP contribution in [-0.4, -0.2) is 28.0 Å². The van der Waals surface area contributed by atoms with Crippen LogP contribution in [0.4, 0.5) is 0 Å². The maximum atomic E-state index is 12.0. The summed E-state index contributed by atoms with van der Waals surface area (Å²) in [5, 5.41) is 7.13. The fraction of sp³-hybridized carbons (Fsp3) is 0.231. The van der Waals surface area contributed by atoms with Crippen molar-refractivity contribution in [1.29, 1.82) is 0 Å². The minimum absolute atomic E-state index is 0.104. The van der Waals surface area contributed by atoms with Gasteiger partial charge < -0.3 is 5.32 Å². The van der Waals surface area contributed by atoms with Crippen molar-refractivity contribution in [2.24, 2.45) is 0 Å². The van der Waals surface area contributed by atoms with E-state index in [1.54, 1.807) is 10.7 Å². The van der Waals surface area contributed by atoms with Crippen LogP contribution in [0.1, 0.15) is 16.1 Å². The first-order chi connectivity index (χ1) is 8.72. The summed E-state index contributed by atoms with van der Waals surface area (Å²) < 4.78 is 1.71. The van der Waals surface area contributed by atoms with Crippen molar-refractivity contribution in [1.82, 2.24) is 15.1 Å². The van der Waals surface area contributed by atoms with Gasteiger partial charge in [-0.15, -0.1) is 0 Å². The molecule has 0 fully saturated rings. The first-order valence-electron chi connectivity index (χ1n) is 5.73. The normalized spacial score (nSPS) is 10.3. The molecule has 0 bridgehead atoms. The average Bonchev–Trinajstić information content (AvgIpc) is 2.82. The molecule has 1 heterocycles. The van der Waals surface area contributed by atoms with Crippen molar-refractivity contribution < 1.29 is 4.79 Å². The molecule has 1 aromatic heterocycles. The van der Waals surface area contributed by atoms with Crippen molar-refractivity contribution >= 4 is 18.5 Å². The predicted molar refractivity (Wildman–Crippen MR) is 74.5 cm³/mol. The van der Waals surface area contributed by atoms with E-state index in [0.29, 0.717) is 17.9 Å². The van der Waals surface area contributed by atoms with Gasteiger partial charge in [0.05, 0.1) is 16.9 Å². The number of thiol groups is 1. The lowest BCUT2D eigenvalue weighted by molar-refractivity contribution is 0.0956. The topological polar surface area (TPSA) is 46.9 Å². The van der Waals surface area contributed by atoms with Gasteiger partial charge in [-0.1, -0.05) is 12.1 Å². The van der Waals surface area contributed by atoms with Gasteiger partial charge >= 0.3 is 0 Å². The smallest absolute Gasteiger partial charge is 0.253 e. The number of aromatic nitrogens is 2. The summed E-state index contributed by atoms with van der Waals surface area (Å²) >= 11 is 4.07. The van der Waals surface area contributed by atoms with Gasteiger partial charge in [0.2, 0.25) is 0 Å². The molecule has 1 amide bonds. The Balaban J connectivity index is 2.34. The second kappa shape index (κ2) is 5.73. The molecular weight excluding hydrogens is 246 g/mol. The Labute approximate surface area is 111 Å². The number of aryl methyl sites for hydroxylation is 1. The number of rotatable bonds is 4. The molecule has 0 saturated heterocycles. The summed E-state index contributed by atoms with van der Waals surface area (Å²) in [5.74, 6) is 0.516. The monoisotopic (exact) mass is 261 g/mol. The van der Waals surface area contributed by atoms with Gasteiger partial charge in [-0.2, -0.15) is 17.7 Å². The molecule has 1 aromatic carbocycles. The molecule has 94 valence electrons. The van der Waals surface area contributed by atoms with E-state index in [1.807, 2.05) is 37.4 Å². The molecule has 1 N–H and O–H groups in total.